The van der Waals surface area contributed by atoms with Gasteiger partial charge < -0.3 is 9.22 Å². The largest absolute Gasteiger partial charge is 0.373 e. The number of ether oxygens (including phenoxy) is 1. The van der Waals surface area contributed by atoms with Crippen molar-refractivity contribution in [3.63, 3.8) is 0 Å². The molecule has 1 saturated heterocycles. The molecule has 0 bridgehead atoms. The third-order valence-electron chi connectivity index (χ3n) is 6.67. The highest BCUT2D eigenvalue weighted by Gasteiger charge is 2.30. The Morgan fingerprint density at radius 1 is 0.833 bits per heavy atom. The molecule has 1 fully saturated rings. The third-order valence-corrected chi connectivity index (χ3v) is 6.67. The molecule has 0 N–H and O–H groups in total. The van der Waals surface area contributed by atoms with Crippen LogP contribution < -0.4 is 0 Å². The summed E-state index contributed by atoms with van der Waals surface area (Å²) in [5.41, 5.74) is 1.45. The van der Waals surface area contributed by atoms with E-state index in [0.29, 0.717) is 6.10 Å². The monoisotopic (exact) mass is 416 g/mol. The molecule has 1 aromatic carbocycles. The lowest BCUT2D eigenvalue weighted by atomic mass is 9.94. The zero-order valence-electron chi connectivity index (χ0n) is 20.4. The number of hydrogen-bond donors (Lipinski definition) is 0. The van der Waals surface area contributed by atoms with Crippen molar-refractivity contribution in [2.45, 2.75) is 109 Å². The first kappa shape index (κ1) is 25.4. The van der Waals surface area contributed by atoms with Gasteiger partial charge in [-0.3, -0.25) is 0 Å². The Hall–Kier alpha value is -0.860. The first-order chi connectivity index (χ1) is 14.6. The second kappa shape index (κ2) is 15.0. The van der Waals surface area contributed by atoms with Crippen LogP contribution in [0.15, 0.2) is 30.3 Å². The maximum atomic E-state index is 5.58. The molecule has 0 amide bonds. The summed E-state index contributed by atoms with van der Waals surface area (Å²) in [6, 6.07) is 11.0. The summed E-state index contributed by atoms with van der Waals surface area (Å²) in [5.74, 6) is 0.805. The van der Waals surface area contributed by atoms with Gasteiger partial charge >= 0.3 is 0 Å². The maximum Gasteiger partial charge on any atom is 0.104 e. The lowest BCUT2D eigenvalue weighted by molar-refractivity contribution is -0.907. The normalized spacial score (nSPS) is 17.2. The highest BCUT2D eigenvalue weighted by atomic mass is 16.6. The van der Waals surface area contributed by atoms with Crippen LogP contribution in [-0.4, -0.2) is 37.8 Å². The predicted molar refractivity (Wildman–Crippen MR) is 131 cm³/mol. The van der Waals surface area contributed by atoms with Gasteiger partial charge in [0.25, 0.3) is 0 Å². The number of nitrogens with zero attached hydrogens (tertiary/aromatic N) is 1. The van der Waals surface area contributed by atoms with E-state index in [1.54, 1.807) is 0 Å². The van der Waals surface area contributed by atoms with E-state index in [1.165, 1.54) is 102 Å². The van der Waals surface area contributed by atoms with E-state index in [2.05, 4.69) is 51.4 Å². The molecule has 2 rings (SSSR count). The molecule has 2 atom stereocenters. The summed E-state index contributed by atoms with van der Waals surface area (Å²) >= 11 is 0. The fourth-order valence-electron chi connectivity index (χ4n) is 4.97. The van der Waals surface area contributed by atoms with E-state index in [-0.39, 0.29) is 0 Å². The quantitative estimate of drug-likeness (QED) is 0.127. The molecule has 1 heterocycles. The second-order valence-electron chi connectivity index (χ2n) is 10.5. The van der Waals surface area contributed by atoms with Crippen LogP contribution in [0.3, 0.4) is 0 Å². The third kappa shape index (κ3) is 12.7. The van der Waals surface area contributed by atoms with Gasteiger partial charge in [0, 0.05) is 11.5 Å². The van der Waals surface area contributed by atoms with Crippen molar-refractivity contribution in [1.82, 2.24) is 0 Å². The van der Waals surface area contributed by atoms with Crippen LogP contribution in [0.5, 0.6) is 0 Å². The van der Waals surface area contributed by atoms with Crippen molar-refractivity contribution < 1.29 is 9.22 Å². The lowest BCUT2D eigenvalue weighted by Gasteiger charge is -2.34. The van der Waals surface area contributed by atoms with E-state index in [0.717, 1.165) is 23.6 Å². The Morgan fingerprint density at radius 3 is 1.90 bits per heavy atom. The summed E-state index contributed by atoms with van der Waals surface area (Å²) in [7, 11) is 4.80. The van der Waals surface area contributed by atoms with Gasteiger partial charge in [0.1, 0.15) is 6.54 Å². The Labute approximate surface area is 188 Å². The zero-order chi connectivity index (χ0) is 21.5. The fraction of sp³-hybridized carbons (Fsp3) is 0.786. The SMILES string of the molecule is CCCCCCCCCCCCCCC(CC1CO1)C[N+](C)(C)Cc1ccccc1. The molecule has 2 nitrogen and oxygen atoms in total. The minimum absolute atomic E-state index is 0.559. The zero-order valence-corrected chi connectivity index (χ0v) is 20.4. The lowest BCUT2D eigenvalue weighted by Crippen LogP contribution is -2.43. The van der Waals surface area contributed by atoms with E-state index in [4.69, 9.17) is 4.74 Å². The van der Waals surface area contributed by atoms with E-state index >= 15 is 0 Å². The summed E-state index contributed by atoms with van der Waals surface area (Å²) < 4.78 is 6.66. The molecule has 1 aliphatic heterocycles. The minimum atomic E-state index is 0.559. The molecule has 0 aromatic heterocycles. The second-order valence-corrected chi connectivity index (χ2v) is 10.5. The van der Waals surface area contributed by atoms with Gasteiger partial charge in [0.2, 0.25) is 0 Å². The Kier molecular flexibility index (Phi) is 12.7. The van der Waals surface area contributed by atoms with Gasteiger partial charge in [0.15, 0.2) is 0 Å². The van der Waals surface area contributed by atoms with Gasteiger partial charge in [-0.1, -0.05) is 114 Å². The summed E-state index contributed by atoms with van der Waals surface area (Å²) in [5, 5.41) is 0. The number of rotatable bonds is 19. The molecule has 0 saturated carbocycles. The number of epoxide rings is 1. The Morgan fingerprint density at radius 2 is 1.37 bits per heavy atom. The van der Waals surface area contributed by atoms with Crippen molar-refractivity contribution in [3.05, 3.63) is 35.9 Å². The van der Waals surface area contributed by atoms with Crippen LogP contribution >= 0.6 is 0 Å². The van der Waals surface area contributed by atoms with Gasteiger partial charge in [0.05, 0.1) is 33.4 Å². The van der Waals surface area contributed by atoms with E-state index in [1.807, 2.05) is 0 Å². The molecule has 0 radical (unpaired) electrons. The molecular weight excluding hydrogens is 366 g/mol. The van der Waals surface area contributed by atoms with Gasteiger partial charge in [-0.05, 0) is 12.8 Å². The molecule has 1 aliphatic rings. The average Bonchev–Trinajstić information content (AvgIpc) is 3.53. The van der Waals surface area contributed by atoms with Crippen molar-refractivity contribution in [2.24, 2.45) is 5.92 Å². The highest BCUT2D eigenvalue weighted by Crippen LogP contribution is 2.27. The number of hydrogen-bond acceptors (Lipinski definition) is 1. The van der Waals surface area contributed by atoms with Gasteiger partial charge in [-0.25, -0.2) is 0 Å². The van der Waals surface area contributed by atoms with Crippen molar-refractivity contribution >= 4 is 0 Å². The van der Waals surface area contributed by atoms with Crippen LogP contribution in [0.25, 0.3) is 0 Å². The molecule has 2 unspecified atom stereocenters. The Bertz CT molecular complexity index is 523. The summed E-state index contributed by atoms with van der Waals surface area (Å²) in [6.07, 6.45) is 20.4. The highest BCUT2D eigenvalue weighted by molar-refractivity contribution is 5.13. The van der Waals surface area contributed by atoms with Crippen LogP contribution in [0.4, 0.5) is 0 Å². The average molecular weight is 417 g/mol. The van der Waals surface area contributed by atoms with Gasteiger partial charge in [-0.15, -0.1) is 0 Å². The molecule has 1 aromatic rings. The molecule has 172 valence electrons. The van der Waals surface area contributed by atoms with Crippen molar-refractivity contribution in [3.8, 4) is 0 Å². The number of quaternary nitrogens is 1. The summed E-state index contributed by atoms with van der Waals surface area (Å²) in [4.78, 5) is 0. The van der Waals surface area contributed by atoms with Crippen molar-refractivity contribution in [2.75, 3.05) is 27.2 Å². The molecule has 0 aliphatic carbocycles. The van der Waals surface area contributed by atoms with Crippen LogP contribution in [0.2, 0.25) is 0 Å². The van der Waals surface area contributed by atoms with Crippen LogP contribution in [0, 0.1) is 5.92 Å². The first-order valence-corrected chi connectivity index (χ1v) is 13.1. The number of unbranched alkanes of at least 4 members (excludes halogenated alkanes) is 11. The molecule has 0 spiro atoms. The van der Waals surface area contributed by atoms with Crippen molar-refractivity contribution in [1.29, 1.82) is 0 Å². The van der Waals surface area contributed by atoms with Gasteiger partial charge in [-0.2, -0.15) is 0 Å². The summed E-state index contributed by atoms with van der Waals surface area (Å²) in [6.45, 7) is 5.70. The molecule has 30 heavy (non-hydrogen) atoms. The molecule has 2 heteroatoms. The number of benzene rings is 1. The van der Waals surface area contributed by atoms with Crippen LogP contribution in [-0.2, 0) is 11.3 Å². The van der Waals surface area contributed by atoms with E-state index in [9.17, 15) is 0 Å². The maximum absolute atomic E-state index is 5.58. The molecular formula is C28H50NO+. The van der Waals surface area contributed by atoms with E-state index < -0.39 is 0 Å². The predicted octanol–water partition coefficient (Wildman–Crippen LogP) is 7.76. The minimum Gasteiger partial charge on any atom is -0.373 e. The first-order valence-electron chi connectivity index (χ1n) is 13.1. The van der Waals surface area contributed by atoms with Crippen LogP contribution in [0.1, 0.15) is 102 Å². The smallest absolute Gasteiger partial charge is 0.104 e. The Balaban J connectivity index is 1.55. The standard InChI is InChI=1S/C28H50NO/c1-4-5-6-7-8-9-10-11-12-13-14-16-21-27(22-28-25-30-28)24-29(2,3)23-26-19-17-15-18-20-26/h15,17-20,27-28H,4-14,16,21-25H2,1-3H3/q+1. The topological polar surface area (TPSA) is 12.5 Å². The fourth-order valence-corrected chi connectivity index (χ4v) is 4.97.